The molecule has 14 heavy (non-hydrogen) atoms. The molecule has 0 fully saturated rings. The van der Waals surface area contributed by atoms with E-state index in [1.807, 2.05) is 24.3 Å². The van der Waals surface area contributed by atoms with Crippen LogP contribution in [0.15, 0.2) is 34.9 Å². The van der Waals surface area contributed by atoms with Gasteiger partial charge in [0.25, 0.3) is 0 Å². The SMILES string of the molecule is O=C(CCS)c1coc2ccccc12. The van der Waals surface area contributed by atoms with E-state index in [0.717, 1.165) is 11.0 Å². The Morgan fingerprint density at radius 1 is 1.36 bits per heavy atom. The van der Waals surface area contributed by atoms with Gasteiger partial charge in [0, 0.05) is 11.8 Å². The van der Waals surface area contributed by atoms with E-state index < -0.39 is 0 Å². The van der Waals surface area contributed by atoms with Crippen LogP contribution in [0.25, 0.3) is 11.0 Å². The molecular formula is C11H10O2S. The van der Waals surface area contributed by atoms with Crippen molar-refractivity contribution in [3.05, 3.63) is 36.1 Å². The smallest absolute Gasteiger partial charge is 0.167 e. The maximum absolute atomic E-state index is 11.6. The lowest BCUT2D eigenvalue weighted by atomic mass is 10.1. The number of para-hydroxylation sites is 1. The predicted molar refractivity (Wildman–Crippen MR) is 59.0 cm³/mol. The van der Waals surface area contributed by atoms with Gasteiger partial charge in [0.05, 0.1) is 5.56 Å². The van der Waals surface area contributed by atoms with E-state index in [-0.39, 0.29) is 5.78 Å². The van der Waals surface area contributed by atoms with Crippen LogP contribution in [0, 0.1) is 0 Å². The van der Waals surface area contributed by atoms with Crippen LogP contribution in [0.2, 0.25) is 0 Å². The minimum Gasteiger partial charge on any atom is -0.464 e. The zero-order valence-electron chi connectivity index (χ0n) is 7.56. The fourth-order valence-electron chi connectivity index (χ4n) is 1.43. The van der Waals surface area contributed by atoms with Crippen molar-refractivity contribution in [1.82, 2.24) is 0 Å². The first-order valence-corrected chi connectivity index (χ1v) is 5.06. The summed E-state index contributed by atoms with van der Waals surface area (Å²) in [6, 6.07) is 7.53. The Bertz CT molecular complexity index is 459. The number of hydrogen-bond donors (Lipinski definition) is 1. The molecule has 0 aliphatic carbocycles. The van der Waals surface area contributed by atoms with Crippen LogP contribution in [0.1, 0.15) is 16.8 Å². The molecule has 0 bridgehead atoms. The van der Waals surface area contributed by atoms with Crippen molar-refractivity contribution < 1.29 is 9.21 Å². The highest BCUT2D eigenvalue weighted by Crippen LogP contribution is 2.21. The molecule has 72 valence electrons. The fourth-order valence-corrected chi connectivity index (χ4v) is 1.63. The molecule has 3 heteroatoms. The zero-order chi connectivity index (χ0) is 9.97. The molecular weight excluding hydrogens is 196 g/mol. The number of furan rings is 1. The van der Waals surface area contributed by atoms with Crippen molar-refractivity contribution in [3.63, 3.8) is 0 Å². The standard InChI is InChI=1S/C11H10O2S/c12-10(5-6-14)9-7-13-11-4-2-1-3-8(9)11/h1-4,7,14H,5-6H2. The van der Waals surface area contributed by atoms with Gasteiger partial charge in [0.1, 0.15) is 11.8 Å². The fraction of sp³-hybridized carbons (Fsp3) is 0.182. The summed E-state index contributed by atoms with van der Waals surface area (Å²) < 4.78 is 5.27. The van der Waals surface area contributed by atoms with Crippen LogP contribution >= 0.6 is 12.6 Å². The molecule has 0 N–H and O–H groups in total. The molecule has 0 radical (unpaired) electrons. The summed E-state index contributed by atoms with van der Waals surface area (Å²) in [6.07, 6.45) is 1.98. The highest BCUT2D eigenvalue weighted by Gasteiger charge is 2.11. The minimum absolute atomic E-state index is 0.0879. The summed E-state index contributed by atoms with van der Waals surface area (Å²) in [5.41, 5.74) is 1.42. The number of carbonyl (C=O) groups is 1. The van der Waals surface area contributed by atoms with E-state index in [1.54, 1.807) is 0 Å². The van der Waals surface area contributed by atoms with Crippen LogP contribution in [0.4, 0.5) is 0 Å². The average molecular weight is 206 g/mol. The Morgan fingerprint density at radius 2 is 2.14 bits per heavy atom. The third-order valence-electron chi connectivity index (χ3n) is 2.12. The van der Waals surface area contributed by atoms with Crippen molar-refractivity contribution in [1.29, 1.82) is 0 Å². The highest BCUT2D eigenvalue weighted by molar-refractivity contribution is 7.80. The van der Waals surface area contributed by atoms with Gasteiger partial charge in [0.2, 0.25) is 0 Å². The minimum atomic E-state index is 0.0879. The quantitative estimate of drug-likeness (QED) is 0.618. The van der Waals surface area contributed by atoms with Crippen molar-refractivity contribution in [2.24, 2.45) is 0 Å². The Kier molecular flexibility index (Phi) is 2.59. The van der Waals surface area contributed by atoms with Crippen LogP contribution < -0.4 is 0 Å². The van der Waals surface area contributed by atoms with E-state index in [9.17, 15) is 4.79 Å². The second-order valence-corrected chi connectivity index (χ2v) is 3.49. The molecule has 1 aromatic heterocycles. The van der Waals surface area contributed by atoms with E-state index >= 15 is 0 Å². The number of thiol groups is 1. The third kappa shape index (κ3) is 1.55. The number of fused-ring (bicyclic) bond motifs is 1. The molecule has 2 nitrogen and oxygen atoms in total. The van der Waals surface area contributed by atoms with Gasteiger partial charge in [0.15, 0.2) is 5.78 Å². The highest BCUT2D eigenvalue weighted by atomic mass is 32.1. The lowest BCUT2D eigenvalue weighted by molar-refractivity contribution is 0.0990. The summed E-state index contributed by atoms with van der Waals surface area (Å²) in [6.45, 7) is 0. The molecule has 1 heterocycles. The normalized spacial score (nSPS) is 10.6. The Hall–Kier alpha value is -1.22. The first kappa shape index (κ1) is 9.34. The number of Topliss-reactive ketones (excluding diaryl/α,β-unsaturated/α-hetero) is 1. The second kappa shape index (κ2) is 3.88. The Balaban J connectivity index is 2.47. The van der Waals surface area contributed by atoms with Gasteiger partial charge < -0.3 is 4.42 Å². The zero-order valence-corrected chi connectivity index (χ0v) is 8.46. The first-order valence-electron chi connectivity index (χ1n) is 4.43. The molecule has 0 atom stereocenters. The van der Waals surface area contributed by atoms with E-state index in [1.165, 1.54) is 6.26 Å². The average Bonchev–Trinajstić information content (AvgIpc) is 2.61. The molecule has 1 aromatic carbocycles. The lowest BCUT2D eigenvalue weighted by Gasteiger charge is -1.94. The number of benzene rings is 1. The molecule has 2 aromatic rings. The number of rotatable bonds is 3. The molecule has 0 amide bonds. The summed E-state index contributed by atoms with van der Waals surface area (Å²) in [4.78, 5) is 11.6. The molecule has 0 saturated carbocycles. The number of carbonyl (C=O) groups excluding carboxylic acids is 1. The molecule has 0 aliphatic heterocycles. The molecule has 0 aliphatic rings. The number of ketones is 1. The first-order chi connectivity index (χ1) is 6.83. The largest absolute Gasteiger partial charge is 0.464 e. The molecule has 2 rings (SSSR count). The Labute approximate surface area is 87.3 Å². The van der Waals surface area contributed by atoms with Gasteiger partial charge in [-0.1, -0.05) is 18.2 Å². The van der Waals surface area contributed by atoms with Gasteiger partial charge in [-0.15, -0.1) is 0 Å². The maximum Gasteiger partial charge on any atom is 0.167 e. The van der Waals surface area contributed by atoms with Gasteiger partial charge >= 0.3 is 0 Å². The lowest BCUT2D eigenvalue weighted by Crippen LogP contribution is -1.97. The predicted octanol–water partition coefficient (Wildman–Crippen LogP) is 2.94. The monoisotopic (exact) mass is 206 g/mol. The van der Waals surface area contributed by atoms with Gasteiger partial charge in [-0.3, -0.25) is 4.79 Å². The maximum atomic E-state index is 11.6. The van der Waals surface area contributed by atoms with Crippen LogP contribution in [-0.2, 0) is 0 Å². The second-order valence-electron chi connectivity index (χ2n) is 3.04. The summed E-state index contributed by atoms with van der Waals surface area (Å²) >= 11 is 4.03. The van der Waals surface area contributed by atoms with E-state index in [4.69, 9.17) is 4.42 Å². The third-order valence-corrected chi connectivity index (χ3v) is 2.34. The van der Waals surface area contributed by atoms with Crippen molar-refractivity contribution >= 4 is 29.4 Å². The van der Waals surface area contributed by atoms with E-state index in [2.05, 4.69) is 12.6 Å². The van der Waals surface area contributed by atoms with Gasteiger partial charge in [-0.05, 0) is 11.8 Å². The molecule has 0 spiro atoms. The van der Waals surface area contributed by atoms with Crippen LogP contribution in [0.3, 0.4) is 0 Å². The molecule has 0 unspecified atom stereocenters. The van der Waals surface area contributed by atoms with Crippen LogP contribution in [0.5, 0.6) is 0 Å². The summed E-state index contributed by atoms with van der Waals surface area (Å²) in [7, 11) is 0. The Morgan fingerprint density at radius 3 is 2.93 bits per heavy atom. The van der Waals surface area contributed by atoms with Crippen LogP contribution in [-0.4, -0.2) is 11.5 Å². The topological polar surface area (TPSA) is 30.2 Å². The van der Waals surface area contributed by atoms with Crippen molar-refractivity contribution in [2.45, 2.75) is 6.42 Å². The van der Waals surface area contributed by atoms with Crippen molar-refractivity contribution in [2.75, 3.05) is 5.75 Å². The number of hydrogen-bond acceptors (Lipinski definition) is 3. The van der Waals surface area contributed by atoms with E-state index in [0.29, 0.717) is 17.7 Å². The summed E-state index contributed by atoms with van der Waals surface area (Å²) in [5.74, 6) is 0.656. The van der Waals surface area contributed by atoms with Crippen molar-refractivity contribution in [3.8, 4) is 0 Å². The van der Waals surface area contributed by atoms with Gasteiger partial charge in [-0.25, -0.2) is 0 Å². The summed E-state index contributed by atoms with van der Waals surface area (Å²) in [5, 5.41) is 0.888. The molecule has 0 saturated heterocycles. The van der Waals surface area contributed by atoms with Gasteiger partial charge in [-0.2, -0.15) is 12.6 Å².